The monoisotopic (exact) mass is 442 g/mol. The first-order valence-corrected chi connectivity index (χ1v) is 8.85. The molecule has 1 heterocycles. The van der Waals surface area contributed by atoms with Crippen LogP contribution in [0.3, 0.4) is 0 Å². The number of carbonyl (C=O) groups is 2. The Labute approximate surface area is 170 Å². The van der Waals surface area contributed by atoms with Crippen molar-refractivity contribution in [2.24, 2.45) is 4.99 Å². The lowest BCUT2D eigenvalue weighted by atomic mass is 10.2. The number of aliphatic imine (C=N–C) groups is 1. The quantitative estimate of drug-likeness (QED) is 0.528. The van der Waals surface area contributed by atoms with Crippen molar-refractivity contribution in [2.75, 3.05) is 26.0 Å². The van der Waals surface area contributed by atoms with Crippen molar-refractivity contribution in [2.45, 2.75) is 15.3 Å². The van der Waals surface area contributed by atoms with Gasteiger partial charge in [0.25, 0.3) is 5.91 Å². The molecule has 2 unspecified atom stereocenters. The van der Waals surface area contributed by atoms with Crippen molar-refractivity contribution in [1.29, 1.82) is 0 Å². The van der Waals surface area contributed by atoms with Gasteiger partial charge in [0.1, 0.15) is 17.4 Å². The third-order valence-electron chi connectivity index (χ3n) is 3.64. The maximum atomic E-state index is 14.2. The van der Waals surface area contributed by atoms with Crippen LogP contribution in [0.25, 0.3) is 0 Å². The van der Waals surface area contributed by atoms with Crippen LogP contribution in [0.4, 0.5) is 14.9 Å². The Morgan fingerprint density at radius 3 is 2.27 bits per heavy atom. The van der Waals surface area contributed by atoms with Crippen molar-refractivity contribution in [1.82, 2.24) is 9.80 Å². The zero-order valence-corrected chi connectivity index (χ0v) is 17.0. The van der Waals surface area contributed by atoms with Gasteiger partial charge in [0.15, 0.2) is 0 Å². The molecule has 142 valence electrons. The Kier molecular flexibility index (Phi) is 6.40. The van der Waals surface area contributed by atoms with Gasteiger partial charge in [0, 0.05) is 7.05 Å². The predicted octanol–water partition coefficient (Wildman–Crippen LogP) is 3.49. The molecule has 2 rings (SSSR count). The molecule has 0 aliphatic carbocycles. The molecule has 0 N–H and O–H groups in total. The molecule has 0 aromatic heterocycles. The Hall–Kier alpha value is -1.12. The number of hydrogen-bond acceptors (Lipinski definition) is 4. The van der Waals surface area contributed by atoms with Gasteiger partial charge in [-0.2, -0.15) is 0 Å². The average molecular weight is 444 g/mol. The lowest BCUT2D eigenvalue weighted by Gasteiger charge is -2.30. The summed E-state index contributed by atoms with van der Waals surface area (Å²) < 4.78 is 12.3. The molecule has 1 saturated heterocycles. The molecule has 0 bridgehead atoms. The number of urea groups is 1. The number of nitrogens with zero attached hydrogens (tertiary/aromatic N) is 4. The topological polar surface area (TPSA) is 56.2 Å². The van der Waals surface area contributed by atoms with Crippen LogP contribution in [-0.2, 0) is 4.79 Å². The van der Waals surface area contributed by atoms with Crippen LogP contribution in [0.5, 0.6) is 0 Å². The van der Waals surface area contributed by atoms with Gasteiger partial charge in [-0.15, -0.1) is 11.6 Å². The fraction of sp³-hybridized carbons (Fsp3) is 0.400. The van der Waals surface area contributed by atoms with E-state index in [0.717, 1.165) is 15.9 Å². The molecule has 1 aromatic carbocycles. The standard InChI is InChI=1S/C15H15Cl4FN4O2/c1-22(2)11(10(16)15(17,18)19)21-12-13(25)23(3)14(26)24(12)9-7-5-4-6-8(9)20/h4-7,10-11H,1-3H3/b21-12-. The van der Waals surface area contributed by atoms with E-state index >= 15 is 0 Å². The summed E-state index contributed by atoms with van der Waals surface area (Å²) >= 11 is 23.7. The first-order chi connectivity index (χ1) is 12.0. The van der Waals surface area contributed by atoms with E-state index < -0.39 is 33.1 Å². The number of carbonyl (C=O) groups excluding carboxylic acids is 2. The number of rotatable bonds is 4. The van der Waals surface area contributed by atoms with E-state index in [9.17, 15) is 14.0 Å². The molecule has 1 aliphatic heterocycles. The highest BCUT2D eigenvalue weighted by Crippen LogP contribution is 2.37. The van der Waals surface area contributed by atoms with E-state index in [4.69, 9.17) is 46.4 Å². The Morgan fingerprint density at radius 2 is 1.77 bits per heavy atom. The summed E-state index contributed by atoms with van der Waals surface area (Å²) in [5.74, 6) is -1.73. The summed E-state index contributed by atoms with van der Waals surface area (Å²) in [5, 5.41) is -1.15. The predicted molar refractivity (Wildman–Crippen MR) is 102 cm³/mol. The molecule has 1 fully saturated rings. The normalized spacial score (nSPS) is 19.7. The molecule has 26 heavy (non-hydrogen) atoms. The number of amidine groups is 1. The maximum absolute atomic E-state index is 14.2. The minimum absolute atomic E-state index is 0.119. The summed E-state index contributed by atoms with van der Waals surface area (Å²) in [6.45, 7) is 0. The largest absolute Gasteiger partial charge is 0.337 e. The van der Waals surface area contributed by atoms with E-state index in [0.29, 0.717) is 0 Å². The summed E-state index contributed by atoms with van der Waals surface area (Å²) in [6.07, 6.45) is -0.975. The average Bonchev–Trinajstić information content (AvgIpc) is 2.75. The number of hydrogen-bond donors (Lipinski definition) is 0. The zero-order chi connectivity index (χ0) is 19.8. The number of imide groups is 1. The highest BCUT2D eigenvalue weighted by Gasteiger charge is 2.45. The third-order valence-corrected chi connectivity index (χ3v) is 5.23. The van der Waals surface area contributed by atoms with Crippen molar-refractivity contribution < 1.29 is 14.0 Å². The fourth-order valence-electron chi connectivity index (χ4n) is 2.27. The van der Waals surface area contributed by atoms with Crippen LogP contribution in [0, 0.1) is 5.82 Å². The number of benzene rings is 1. The Balaban J connectivity index is 2.58. The van der Waals surface area contributed by atoms with Crippen molar-refractivity contribution >= 4 is 69.9 Å². The first-order valence-electron chi connectivity index (χ1n) is 7.28. The SMILES string of the molecule is CN1C(=O)/C(=N/C(C(Cl)C(Cl)(Cl)Cl)N(C)C)N(c2ccccc2F)C1=O. The molecule has 6 nitrogen and oxygen atoms in total. The van der Waals surface area contributed by atoms with Gasteiger partial charge in [0.2, 0.25) is 9.63 Å². The number of halogens is 5. The van der Waals surface area contributed by atoms with Gasteiger partial charge in [-0.05, 0) is 26.2 Å². The van der Waals surface area contributed by atoms with Gasteiger partial charge in [-0.3, -0.25) is 14.6 Å². The number of anilines is 1. The number of amides is 3. The van der Waals surface area contributed by atoms with E-state index in [1.165, 1.54) is 30.1 Å². The Bertz CT molecular complexity index is 753. The van der Waals surface area contributed by atoms with Crippen LogP contribution in [-0.4, -0.2) is 64.1 Å². The van der Waals surface area contributed by atoms with Crippen molar-refractivity contribution in [3.05, 3.63) is 30.1 Å². The van der Waals surface area contributed by atoms with E-state index in [-0.39, 0.29) is 11.5 Å². The smallest absolute Gasteiger partial charge is 0.287 e. The second-order valence-electron chi connectivity index (χ2n) is 5.71. The van der Waals surface area contributed by atoms with Gasteiger partial charge in [-0.1, -0.05) is 46.9 Å². The number of para-hydroxylation sites is 1. The molecular weight excluding hydrogens is 429 g/mol. The van der Waals surface area contributed by atoms with Gasteiger partial charge in [-0.25, -0.2) is 19.1 Å². The molecule has 1 aromatic rings. The molecule has 0 saturated carbocycles. The highest BCUT2D eigenvalue weighted by molar-refractivity contribution is 6.70. The summed E-state index contributed by atoms with van der Waals surface area (Å²) in [6, 6.07) is 4.75. The molecule has 2 atom stereocenters. The van der Waals surface area contributed by atoms with Crippen molar-refractivity contribution in [3.63, 3.8) is 0 Å². The Morgan fingerprint density at radius 1 is 1.19 bits per heavy atom. The van der Waals surface area contributed by atoms with Gasteiger partial charge >= 0.3 is 6.03 Å². The minimum atomic E-state index is -1.89. The van der Waals surface area contributed by atoms with Crippen LogP contribution >= 0.6 is 46.4 Å². The minimum Gasteiger partial charge on any atom is -0.287 e. The molecule has 11 heteroatoms. The van der Waals surface area contributed by atoms with E-state index in [1.54, 1.807) is 14.1 Å². The summed E-state index contributed by atoms with van der Waals surface area (Å²) in [5.41, 5.74) is -0.119. The van der Waals surface area contributed by atoms with Crippen LogP contribution in [0.2, 0.25) is 0 Å². The van der Waals surface area contributed by atoms with Crippen LogP contribution in [0.15, 0.2) is 29.3 Å². The second kappa shape index (κ2) is 7.86. The summed E-state index contributed by atoms with van der Waals surface area (Å²) in [4.78, 5) is 32.4. The fourth-order valence-corrected chi connectivity index (χ4v) is 2.89. The second-order valence-corrected chi connectivity index (χ2v) is 8.55. The van der Waals surface area contributed by atoms with Crippen LogP contribution < -0.4 is 4.90 Å². The lowest BCUT2D eigenvalue weighted by Crippen LogP contribution is -2.44. The van der Waals surface area contributed by atoms with E-state index in [1.807, 2.05) is 0 Å². The highest BCUT2D eigenvalue weighted by atomic mass is 35.6. The van der Waals surface area contributed by atoms with Gasteiger partial charge < -0.3 is 0 Å². The molecular formula is C15H15Cl4FN4O2. The third kappa shape index (κ3) is 4.07. The lowest BCUT2D eigenvalue weighted by molar-refractivity contribution is -0.119. The van der Waals surface area contributed by atoms with Crippen LogP contribution in [0.1, 0.15) is 0 Å². The summed E-state index contributed by atoms with van der Waals surface area (Å²) in [7, 11) is 4.48. The maximum Gasteiger partial charge on any atom is 0.337 e. The first kappa shape index (κ1) is 21.2. The number of alkyl halides is 4. The zero-order valence-electron chi connectivity index (χ0n) is 14.0. The molecule has 3 amide bonds. The molecule has 1 aliphatic rings. The molecule has 0 spiro atoms. The van der Waals surface area contributed by atoms with Crippen molar-refractivity contribution in [3.8, 4) is 0 Å². The van der Waals surface area contributed by atoms with Gasteiger partial charge in [0.05, 0.1) is 5.69 Å². The molecule has 0 radical (unpaired) electrons. The number of likely N-dealkylation sites (N-methyl/N-ethyl adjacent to an activating group) is 1. The van der Waals surface area contributed by atoms with E-state index in [2.05, 4.69) is 4.99 Å².